The van der Waals surface area contributed by atoms with Gasteiger partial charge >= 0.3 is 6.18 Å². The van der Waals surface area contributed by atoms with Gasteiger partial charge in [-0.1, -0.05) is 37.5 Å². The summed E-state index contributed by atoms with van der Waals surface area (Å²) in [5.41, 5.74) is 0.637. The Bertz CT molecular complexity index is 996. The molecule has 2 aliphatic rings. The molecule has 4 rings (SSSR count). The average Bonchev–Trinajstić information content (AvgIpc) is 3.14. The third-order valence-electron chi connectivity index (χ3n) is 6.99. The number of carbonyl (C=O) groups excluding carboxylic acids is 2. The lowest BCUT2D eigenvalue weighted by Crippen LogP contribution is -2.36. The minimum Gasteiger partial charge on any atom is -0.315 e. The van der Waals surface area contributed by atoms with Crippen molar-refractivity contribution in [3.8, 4) is 0 Å². The van der Waals surface area contributed by atoms with Crippen LogP contribution in [0.25, 0.3) is 0 Å². The third kappa shape index (κ3) is 5.31. The predicted octanol–water partition coefficient (Wildman–Crippen LogP) is 5.21. The molecular weight excluding hydrogens is 431 g/mol. The molecule has 0 bridgehead atoms. The van der Waals surface area contributed by atoms with Crippen molar-refractivity contribution in [3.63, 3.8) is 0 Å². The number of halogens is 3. The SMILES string of the molecule is CN(C(=O)[C@@H](CC(=O)Cn1nc(C(F)(F)F)c2c1CCCC2)CC1CCC1)c1ccccc1. The first-order chi connectivity index (χ1) is 15.7. The van der Waals surface area contributed by atoms with E-state index >= 15 is 0 Å². The smallest absolute Gasteiger partial charge is 0.315 e. The number of benzene rings is 1. The number of amides is 1. The maximum absolute atomic E-state index is 13.5. The van der Waals surface area contributed by atoms with E-state index in [2.05, 4.69) is 5.10 Å². The lowest BCUT2D eigenvalue weighted by Gasteiger charge is -2.31. The van der Waals surface area contributed by atoms with Crippen molar-refractivity contribution in [3.05, 3.63) is 47.3 Å². The number of ketones is 1. The highest BCUT2D eigenvalue weighted by Crippen LogP contribution is 2.37. The number of carbonyl (C=O) groups is 2. The summed E-state index contributed by atoms with van der Waals surface area (Å²) in [6.07, 6.45) is 1.66. The van der Waals surface area contributed by atoms with Crippen LogP contribution in [0.15, 0.2) is 30.3 Å². The first-order valence-corrected chi connectivity index (χ1v) is 11.7. The van der Waals surface area contributed by atoms with E-state index in [0.29, 0.717) is 37.3 Å². The van der Waals surface area contributed by atoms with Crippen LogP contribution in [0, 0.1) is 11.8 Å². The summed E-state index contributed by atoms with van der Waals surface area (Å²) in [5, 5.41) is 3.80. The second-order valence-electron chi connectivity index (χ2n) is 9.34. The number of aromatic nitrogens is 2. The van der Waals surface area contributed by atoms with Gasteiger partial charge in [0.25, 0.3) is 0 Å². The molecule has 33 heavy (non-hydrogen) atoms. The van der Waals surface area contributed by atoms with Gasteiger partial charge in [-0.05, 0) is 50.2 Å². The number of hydrogen-bond acceptors (Lipinski definition) is 3. The molecule has 0 unspecified atom stereocenters. The molecule has 0 N–H and O–H groups in total. The van der Waals surface area contributed by atoms with E-state index in [1.807, 2.05) is 30.3 Å². The fourth-order valence-corrected chi connectivity index (χ4v) is 4.99. The fraction of sp³-hybridized carbons (Fsp3) is 0.560. The van der Waals surface area contributed by atoms with Gasteiger partial charge in [0.2, 0.25) is 5.91 Å². The van der Waals surface area contributed by atoms with Crippen LogP contribution in [0.2, 0.25) is 0 Å². The molecule has 1 atom stereocenters. The van der Waals surface area contributed by atoms with Crippen LogP contribution in [0.1, 0.15) is 61.9 Å². The van der Waals surface area contributed by atoms with Crippen LogP contribution in [0.3, 0.4) is 0 Å². The molecule has 0 spiro atoms. The van der Waals surface area contributed by atoms with Gasteiger partial charge in [0.15, 0.2) is 11.5 Å². The molecule has 1 aromatic heterocycles. The maximum atomic E-state index is 13.5. The summed E-state index contributed by atoms with van der Waals surface area (Å²) in [6, 6.07) is 9.26. The van der Waals surface area contributed by atoms with Gasteiger partial charge in [0.1, 0.15) is 0 Å². The van der Waals surface area contributed by atoms with Crippen molar-refractivity contribution in [2.75, 3.05) is 11.9 Å². The topological polar surface area (TPSA) is 55.2 Å². The molecule has 1 heterocycles. The van der Waals surface area contributed by atoms with Crippen molar-refractivity contribution in [1.29, 1.82) is 0 Å². The molecule has 2 aliphatic carbocycles. The van der Waals surface area contributed by atoms with E-state index < -0.39 is 17.8 Å². The Morgan fingerprint density at radius 1 is 1.12 bits per heavy atom. The molecule has 0 saturated heterocycles. The quantitative estimate of drug-likeness (QED) is 0.542. The predicted molar refractivity (Wildman–Crippen MR) is 119 cm³/mol. The van der Waals surface area contributed by atoms with Gasteiger partial charge in [0, 0.05) is 36.3 Å². The molecule has 178 valence electrons. The highest BCUT2D eigenvalue weighted by Gasteiger charge is 2.40. The molecule has 0 radical (unpaired) electrons. The molecule has 1 amide bonds. The Kier molecular flexibility index (Phi) is 6.91. The van der Waals surface area contributed by atoms with Crippen molar-refractivity contribution in [2.45, 2.75) is 70.5 Å². The molecule has 1 fully saturated rings. The van der Waals surface area contributed by atoms with Gasteiger partial charge in [-0.25, -0.2) is 0 Å². The number of para-hydroxylation sites is 1. The number of nitrogens with zero attached hydrogens (tertiary/aromatic N) is 3. The summed E-state index contributed by atoms with van der Waals surface area (Å²) in [6.45, 7) is -0.220. The van der Waals surface area contributed by atoms with Crippen LogP contribution < -0.4 is 4.90 Å². The van der Waals surface area contributed by atoms with Crippen LogP contribution in [-0.2, 0) is 35.2 Å². The summed E-state index contributed by atoms with van der Waals surface area (Å²) in [5.74, 6) is -0.439. The molecule has 0 aliphatic heterocycles. The lowest BCUT2D eigenvalue weighted by molar-refractivity contribution is -0.142. The van der Waals surface area contributed by atoms with Gasteiger partial charge < -0.3 is 4.90 Å². The normalized spacial score (nSPS) is 17.2. The van der Waals surface area contributed by atoms with E-state index in [9.17, 15) is 22.8 Å². The second kappa shape index (κ2) is 9.69. The fourth-order valence-electron chi connectivity index (χ4n) is 4.99. The largest absolute Gasteiger partial charge is 0.435 e. The Hall–Kier alpha value is -2.64. The number of rotatable bonds is 8. The summed E-state index contributed by atoms with van der Waals surface area (Å²) < 4.78 is 41.7. The zero-order chi connectivity index (χ0) is 23.6. The lowest BCUT2D eigenvalue weighted by atomic mass is 9.77. The Labute approximate surface area is 192 Å². The monoisotopic (exact) mass is 461 g/mol. The van der Waals surface area contributed by atoms with E-state index in [1.165, 1.54) is 4.68 Å². The first-order valence-electron chi connectivity index (χ1n) is 11.7. The molecule has 8 heteroatoms. The molecule has 5 nitrogen and oxygen atoms in total. The maximum Gasteiger partial charge on any atom is 0.435 e. The van der Waals surface area contributed by atoms with Gasteiger partial charge in [-0.2, -0.15) is 18.3 Å². The average molecular weight is 462 g/mol. The molecule has 2 aromatic rings. The number of fused-ring (bicyclic) bond motifs is 1. The summed E-state index contributed by atoms with van der Waals surface area (Å²) in [4.78, 5) is 27.9. The Balaban J connectivity index is 1.50. The highest BCUT2D eigenvalue weighted by atomic mass is 19.4. The second-order valence-corrected chi connectivity index (χ2v) is 9.34. The third-order valence-corrected chi connectivity index (χ3v) is 6.99. The van der Waals surface area contributed by atoms with Crippen molar-refractivity contribution in [2.24, 2.45) is 11.8 Å². The minimum absolute atomic E-state index is 0.0164. The van der Waals surface area contributed by atoms with Crippen LogP contribution in [-0.4, -0.2) is 28.5 Å². The van der Waals surface area contributed by atoms with Crippen LogP contribution >= 0.6 is 0 Å². The molecule has 1 saturated carbocycles. The first kappa shape index (κ1) is 23.5. The van der Waals surface area contributed by atoms with Crippen molar-refractivity contribution < 1.29 is 22.8 Å². The molecular formula is C25H30F3N3O2. The van der Waals surface area contributed by atoms with Crippen LogP contribution in [0.4, 0.5) is 18.9 Å². The number of Topliss-reactive ketones (excluding diaryl/α,β-unsaturated/α-hetero) is 1. The Morgan fingerprint density at radius 2 is 1.82 bits per heavy atom. The number of anilines is 1. The minimum atomic E-state index is -4.53. The van der Waals surface area contributed by atoms with Gasteiger partial charge in [0.05, 0.1) is 6.54 Å². The van der Waals surface area contributed by atoms with E-state index in [1.54, 1.807) is 11.9 Å². The molecule has 1 aromatic carbocycles. The van der Waals surface area contributed by atoms with E-state index in [-0.39, 0.29) is 30.2 Å². The van der Waals surface area contributed by atoms with Gasteiger partial charge in [-0.15, -0.1) is 0 Å². The van der Waals surface area contributed by atoms with Crippen molar-refractivity contribution in [1.82, 2.24) is 9.78 Å². The van der Waals surface area contributed by atoms with E-state index in [0.717, 1.165) is 31.4 Å². The van der Waals surface area contributed by atoms with Crippen LogP contribution in [0.5, 0.6) is 0 Å². The zero-order valence-corrected chi connectivity index (χ0v) is 18.9. The number of hydrogen-bond donors (Lipinski definition) is 0. The zero-order valence-electron chi connectivity index (χ0n) is 18.9. The standard InChI is InChI=1S/C25H30F3N3O2/c1-30(19-10-3-2-4-11-19)24(33)18(14-17-8-7-9-17)15-20(32)16-31-22-13-6-5-12-21(22)23(29-31)25(26,27)28/h2-4,10-11,17-18H,5-9,12-16H2,1H3/t18-/m1/s1. The Morgan fingerprint density at radius 3 is 2.45 bits per heavy atom. The van der Waals surface area contributed by atoms with Crippen molar-refractivity contribution >= 4 is 17.4 Å². The summed E-state index contributed by atoms with van der Waals surface area (Å²) >= 11 is 0. The summed E-state index contributed by atoms with van der Waals surface area (Å²) in [7, 11) is 1.70. The van der Waals surface area contributed by atoms with Gasteiger partial charge in [-0.3, -0.25) is 14.3 Å². The van der Waals surface area contributed by atoms with E-state index in [4.69, 9.17) is 0 Å². The highest BCUT2D eigenvalue weighted by molar-refractivity contribution is 5.97. The number of alkyl halides is 3.